The maximum atomic E-state index is 11.8. The molecule has 15 heavy (non-hydrogen) atoms. The molecule has 4 heteroatoms. The summed E-state index contributed by atoms with van der Waals surface area (Å²) < 4.78 is 4.99. The van der Waals surface area contributed by atoms with Crippen LogP contribution in [0.25, 0.3) is 0 Å². The van der Waals surface area contributed by atoms with Crippen molar-refractivity contribution in [2.45, 2.75) is 32.2 Å². The summed E-state index contributed by atoms with van der Waals surface area (Å²) in [5.41, 5.74) is -0.866. The summed E-state index contributed by atoms with van der Waals surface area (Å²) >= 11 is 0. The van der Waals surface area contributed by atoms with Crippen LogP contribution in [-0.4, -0.2) is 24.0 Å². The third-order valence-electron chi connectivity index (χ3n) is 2.59. The van der Waals surface area contributed by atoms with E-state index in [9.17, 15) is 9.59 Å². The van der Waals surface area contributed by atoms with E-state index in [0.717, 1.165) is 12.8 Å². The molecule has 0 bridgehead atoms. The molecule has 1 rings (SSSR count). The number of hydrogen-bond donors (Lipinski definition) is 1. The first kappa shape index (κ1) is 11.8. The minimum Gasteiger partial charge on any atom is -0.460 e. The van der Waals surface area contributed by atoms with Crippen molar-refractivity contribution in [2.24, 2.45) is 5.92 Å². The quantitative estimate of drug-likeness (QED) is 0.545. The summed E-state index contributed by atoms with van der Waals surface area (Å²) in [7, 11) is 0. The van der Waals surface area contributed by atoms with E-state index in [4.69, 9.17) is 4.74 Å². The Morgan fingerprint density at radius 1 is 1.60 bits per heavy atom. The second-order valence-electron chi connectivity index (χ2n) is 4.04. The first-order chi connectivity index (χ1) is 7.00. The van der Waals surface area contributed by atoms with E-state index in [2.05, 4.69) is 11.9 Å². The Balaban J connectivity index is 2.66. The zero-order valence-electron chi connectivity index (χ0n) is 9.21. The predicted octanol–water partition coefficient (Wildman–Crippen LogP) is 1.02. The summed E-state index contributed by atoms with van der Waals surface area (Å²) in [6.45, 7) is 6.78. The molecule has 0 spiro atoms. The highest BCUT2D eigenvalue weighted by Gasteiger charge is 2.49. The Labute approximate surface area is 89.7 Å². The molecule has 1 saturated carbocycles. The fraction of sp³-hybridized carbons (Fsp3) is 0.636. The molecular formula is C11H17NO3. The van der Waals surface area contributed by atoms with Crippen molar-refractivity contribution < 1.29 is 14.3 Å². The lowest BCUT2D eigenvalue weighted by molar-refractivity contribution is -0.152. The van der Waals surface area contributed by atoms with Crippen LogP contribution in [0.15, 0.2) is 12.7 Å². The smallest absolute Gasteiger partial charge is 0.332 e. The Hall–Kier alpha value is -1.32. The monoisotopic (exact) mass is 211 g/mol. The van der Waals surface area contributed by atoms with Gasteiger partial charge in [-0.25, -0.2) is 4.79 Å². The van der Waals surface area contributed by atoms with E-state index in [0.29, 0.717) is 0 Å². The fourth-order valence-corrected chi connectivity index (χ4v) is 1.63. The van der Waals surface area contributed by atoms with Gasteiger partial charge >= 0.3 is 5.97 Å². The van der Waals surface area contributed by atoms with Gasteiger partial charge in [0.2, 0.25) is 5.91 Å². The maximum Gasteiger partial charge on any atom is 0.332 e. The van der Waals surface area contributed by atoms with Gasteiger partial charge in [-0.1, -0.05) is 12.7 Å². The lowest BCUT2D eigenvalue weighted by Crippen LogP contribution is -2.54. The summed E-state index contributed by atoms with van der Waals surface area (Å²) in [6.07, 6.45) is 3.43. The molecule has 1 N–H and O–H groups in total. The van der Waals surface area contributed by atoms with Crippen molar-refractivity contribution in [1.82, 2.24) is 5.32 Å². The number of carbonyl (C=O) groups is 2. The van der Waals surface area contributed by atoms with Crippen molar-refractivity contribution in [1.29, 1.82) is 0 Å². The Kier molecular flexibility index (Phi) is 3.50. The van der Waals surface area contributed by atoms with Gasteiger partial charge in [0.1, 0.15) is 12.1 Å². The summed E-state index contributed by atoms with van der Waals surface area (Å²) in [6, 6.07) is 0. The molecule has 0 heterocycles. The zero-order valence-corrected chi connectivity index (χ0v) is 9.21. The van der Waals surface area contributed by atoms with Gasteiger partial charge in [0, 0.05) is 6.92 Å². The molecule has 1 atom stereocenters. The van der Waals surface area contributed by atoms with Crippen molar-refractivity contribution in [3.63, 3.8) is 0 Å². The molecule has 0 aliphatic heterocycles. The molecule has 0 radical (unpaired) electrons. The zero-order chi connectivity index (χ0) is 11.5. The number of esters is 1. The van der Waals surface area contributed by atoms with Crippen molar-refractivity contribution in [2.75, 3.05) is 6.61 Å². The van der Waals surface area contributed by atoms with Crippen LogP contribution in [0.2, 0.25) is 0 Å². The Bertz CT molecular complexity index is 284. The van der Waals surface area contributed by atoms with Gasteiger partial charge in [0.15, 0.2) is 0 Å². The number of ether oxygens (including phenoxy) is 1. The lowest BCUT2D eigenvalue weighted by atomic mass is 9.96. The van der Waals surface area contributed by atoms with Crippen LogP contribution in [0.3, 0.4) is 0 Å². The van der Waals surface area contributed by atoms with E-state index in [1.807, 2.05) is 0 Å². The van der Waals surface area contributed by atoms with Gasteiger partial charge in [-0.15, -0.1) is 0 Å². The molecule has 0 aromatic heterocycles. The molecule has 1 fully saturated rings. The second kappa shape index (κ2) is 4.47. The first-order valence-corrected chi connectivity index (χ1v) is 5.07. The Morgan fingerprint density at radius 3 is 2.60 bits per heavy atom. The van der Waals surface area contributed by atoms with Crippen molar-refractivity contribution >= 4 is 11.9 Å². The molecule has 84 valence electrons. The third-order valence-corrected chi connectivity index (χ3v) is 2.59. The molecule has 0 aromatic carbocycles. The fourth-order valence-electron chi connectivity index (χ4n) is 1.63. The van der Waals surface area contributed by atoms with Crippen LogP contribution >= 0.6 is 0 Å². The SMILES string of the molecule is C=CCOC(=O)[C@](C)(NC(C)=O)C1CC1. The molecule has 1 aliphatic carbocycles. The molecule has 1 amide bonds. The molecule has 0 unspecified atom stereocenters. The summed E-state index contributed by atoms with van der Waals surface area (Å²) in [5.74, 6) is -0.376. The van der Waals surface area contributed by atoms with Gasteiger partial charge in [-0.05, 0) is 25.7 Å². The topological polar surface area (TPSA) is 55.4 Å². The molecule has 0 saturated heterocycles. The molecule has 1 aliphatic rings. The van der Waals surface area contributed by atoms with E-state index < -0.39 is 5.54 Å². The number of hydrogen-bond acceptors (Lipinski definition) is 3. The van der Waals surface area contributed by atoms with E-state index >= 15 is 0 Å². The largest absolute Gasteiger partial charge is 0.460 e. The second-order valence-corrected chi connectivity index (χ2v) is 4.04. The van der Waals surface area contributed by atoms with Crippen molar-refractivity contribution in [3.8, 4) is 0 Å². The number of carbonyl (C=O) groups excluding carboxylic acids is 2. The highest BCUT2D eigenvalue weighted by molar-refractivity contribution is 5.87. The van der Waals surface area contributed by atoms with Crippen LogP contribution in [0.4, 0.5) is 0 Å². The van der Waals surface area contributed by atoms with E-state index in [1.54, 1.807) is 6.92 Å². The van der Waals surface area contributed by atoms with E-state index in [-0.39, 0.29) is 24.4 Å². The molecule has 0 aromatic rings. The normalized spacial score (nSPS) is 18.8. The van der Waals surface area contributed by atoms with Gasteiger partial charge in [-0.2, -0.15) is 0 Å². The van der Waals surface area contributed by atoms with Gasteiger partial charge in [-0.3, -0.25) is 4.79 Å². The molecular weight excluding hydrogens is 194 g/mol. The van der Waals surface area contributed by atoms with Crippen LogP contribution in [0, 0.1) is 5.92 Å². The van der Waals surface area contributed by atoms with Crippen LogP contribution in [-0.2, 0) is 14.3 Å². The van der Waals surface area contributed by atoms with Crippen molar-refractivity contribution in [3.05, 3.63) is 12.7 Å². The third kappa shape index (κ3) is 2.81. The lowest BCUT2D eigenvalue weighted by Gasteiger charge is -2.27. The Morgan fingerprint density at radius 2 is 2.20 bits per heavy atom. The average molecular weight is 211 g/mol. The maximum absolute atomic E-state index is 11.8. The average Bonchev–Trinajstić information content (AvgIpc) is 2.95. The minimum absolute atomic E-state index is 0.181. The first-order valence-electron chi connectivity index (χ1n) is 5.07. The van der Waals surface area contributed by atoms with Crippen LogP contribution in [0.5, 0.6) is 0 Å². The van der Waals surface area contributed by atoms with Crippen LogP contribution < -0.4 is 5.32 Å². The molecule has 4 nitrogen and oxygen atoms in total. The van der Waals surface area contributed by atoms with E-state index in [1.165, 1.54) is 13.0 Å². The number of amides is 1. The standard InChI is InChI=1S/C11H17NO3/c1-4-7-15-10(14)11(3,9-5-6-9)12-8(2)13/h4,9H,1,5-7H2,2-3H3,(H,12,13)/t11-/m1/s1. The minimum atomic E-state index is -0.866. The van der Waals surface area contributed by atoms with Gasteiger partial charge < -0.3 is 10.1 Å². The summed E-state index contributed by atoms with van der Waals surface area (Å²) in [4.78, 5) is 22.8. The van der Waals surface area contributed by atoms with Gasteiger partial charge in [0.05, 0.1) is 0 Å². The summed E-state index contributed by atoms with van der Waals surface area (Å²) in [5, 5.41) is 2.68. The number of rotatable bonds is 5. The highest BCUT2D eigenvalue weighted by atomic mass is 16.5. The van der Waals surface area contributed by atoms with Gasteiger partial charge in [0.25, 0.3) is 0 Å². The van der Waals surface area contributed by atoms with Crippen LogP contribution in [0.1, 0.15) is 26.7 Å². The predicted molar refractivity (Wildman–Crippen MR) is 56.1 cm³/mol. The number of nitrogens with one attached hydrogen (secondary N) is 1. The highest BCUT2D eigenvalue weighted by Crippen LogP contribution is 2.40.